The minimum Gasteiger partial charge on any atom is -0.384 e. The van der Waals surface area contributed by atoms with Crippen LogP contribution < -0.4 is 10.6 Å². The van der Waals surface area contributed by atoms with Crippen molar-refractivity contribution in [1.82, 2.24) is 9.55 Å². The summed E-state index contributed by atoms with van der Waals surface area (Å²) in [7, 11) is 3.93. The smallest absolute Gasteiger partial charge is 0.226 e. The molecule has 3 N–H and O–H groups in total. The van der Waals surface area contributed by atoms with Gasteiger partial charge in [0.1, 0.15) is 11.7 Å². The normalized spacial score (nSPS) is 17.1. The summed E-state index contributed by atoms with van der Waals surface area (Å²) in [6, 6.07) is 24.8. The second-order valence-corrected chi connectivity index (χ2v) is 11.4. The van der Waals surface area contributed by atoms with Gasteiger partial charge in [0.2, 0.25) is 5.91 Å². The monoisotopic (exact) mass is 535 g/mol. The molecule has 0 spiro atoms. The molecule has 1 aliphatic carbocycles. The van der Waals surface area contributed by atoms with Crippen molar-refractivity contribution in [3.63, 3.8) is 0 Å². The number of amides is 1. The highest BCUT2D eigenvalue weighted by Crippen LogP contribution is 2.34. The van der Waals surface area contributed by atoms with Crippen molar-refractivity contribution in [3.05, 3.63) is 95.3 Å². The van der Waals surface area contributed by atoms with Gasteiger partial charge in [-0.2, -0.15) is 0 Å². The number of nitrogen functional groups attached to an aromatic ring is 1. The second kappa shape index (κ2) is 12.5. The Morgan fingerprint density at radius 1 is 0.950 bits per heavy atom. The molecule has 0 radical (unpaired) electrons. The predicted octanol–water partition coefficient (Wildman–Crippen LogP) is 6.43. The molecule has 1 aliphatic rings. The third kappa shape index (κ3) is 6.61. The first-order valence-electron chi connectivity index (χ1n) is 14.6. The number of nitrogens with zero attached hydrogens (tertiary/aromatic N) is 3. The number of nitrogens with one attached hydrogen (secondary N) is 1. The molecule has 1 saturated carbocycles. The van der Waals surface area contributed by atoms with Gasteiger partial charge in [-0.1, -0.05) is 67.4 Å². The summed E-state index contributed by atoms with van der Waals surface area (Å²) in [4.78, 5) is 19.8. The number of benzene rings is 3. The number of carbonyl (C=O) groups excluding carboxylic acids is 1. The summed E-state index contributed by atoms with van der Waals surface area (Å²) in [5.74, 6) is 2.71. The number of nitrogens with two attached hydrogens (primary N) is 1. The molecule has 1 heterocycles. The van der Waals surface area contributed by atoms with Gasteiger partial charge in [-0.3, -0.25) is 10.2 Å². The minimum absolute atomic E-state index is 0.0859. The Morgan fingerprint density at radius 2 is 1.65 bits per heavy atom. The van der Waals surface area contributed by atoms with Crippen molar-refractivity contribution in [1.29, 1.82) is 5.41 Å². The third-order valence-electron chi connectivity index (χ3n) is 8.72. The molecular weight excluding hydrogens is 494 g/mol. The Labute approximate surface area is 237 Å². The predicted molar refractivity (Wildman–Crippen MR) is 164 cm³/mol. The summed E-state index contributed by atoms with van der Waals surface area (Å²) >= 11 is 0. The number of imidazole rings is 1. The van der Waals surface area contributed by atoms with Gasteiger partial charge < -0.3 is 15.2 Å². The molecule has 208 valence electrons. The average Bonchev–Trinajstić information content (AvgIpc) is 3.30. The molecule has 0 saturated heterocycles. The molecule has 0 atom stereocenters. The van der Waals surface area contributed by atoms with Crippen molar-refractivity contribution < 1.29 is 4.79 Å². The number of anilines is 1. The average molecular weight is 536 g/mol. The van der Waals surface area contributed by atoms with E-state index >= 15 is 0 Å². The van der Waals surface area contributed by atoms with Crippen LogP contribution in [0, 0.1) is 17.2 Å². The molecule has 6 nitrogen and oxygen atoms in total. The number of amidine groups is 1. The van der Waals surface area contributed by atoms with Gasteiger partial charge in [0.15, 0.2) is 0 Å². The van der Waals surface area contributed by atoms with Gasteiger partial charge in [0.05, 0.1) is 11.0 Å². The SMILES string of the molecule is CN(C(=O)CCC1CCC(Cc2ccccc2)CC1)c1ccc2c(c1)nc(CCc1ccc(C(=N)N)cc1)n2C. The van der Waals surface area contributed by atoms with E-state index in [1.54, 1.807) is 4.90 Å². The third-order valence-corrected chi connectivity index (χ3v) is 8.72. The Bertz CT molecular complexity index is 1450. The maximum atomic E-state index is 13.1. The Kier molecular flexibility index (Phi) is 8.63. The molecule has 6 heteroatoms. The zero-order chi connectivity index (χ0) is 28.1. The van der Waals surface area contributed by atoms with E-state index in [1.165, 1.54) is 43.2 Å². The highest BCUT2D eigenvalue weighted by Gasteiger charge is 2.23. The van der Waals surface area contributed by atoms with Crippen LogP contribution in [0.4, 0.5) is 5.69 Å². The van der Waals surface area contributed by atoms with Crippen LogP contribution in [0.3, 0.4) is 0 Å². The molecule has 4 aromatic rings. The standard InChI is InChI=1S/C34H41N5O/c1-38(33(40)21-15-24-8-10-27(11-9-24)22-26-6-4-3-5-7-26)29-18-19-31-30(23-29)37-32(39(31)2)20-14-25-12-16-28(17-13-25)34(35)36/h3-7,12-13,16-19,23-24,27H,8-11,14-15,20-22H2,1-2H3,(H3,35,36). The van der Waals surface area contributed by atoms with E-state index in [4.69, 9.17) is 16.1 Å². The number of aromatic nitrogens is 2. The van der Waals surface area contributed by atoms with E-state index in [0.29, 0.717) is 12.3 Å². The van der Waals surface area contributed by atoms with E-state index in [0.717, 1.165) is 53.3 Å². The first-order chi connectivity index (χ1) is 19.4. The van der Waals surface area contributed by atoms with Gasteiger partial charge in [-0.05, 0) is 73.3 Å². The Hall–Kier alpha value is -3.93. The van der Waals surface area contributed by atoms with E-state index in [-0.39, 0.29) is 11.7 Å². The number of aryl methyl sites for hydroxylation is 3. The lowest BCUT2D eigenvalue weighted by atomic mass is 9.77. The largest absolute Gasteiger partial charge is 0.384 e. The van der Waals surface area contributed by atoms with E-state index in [9.17, 15) is 4.79 Å². The van der Waals surface area contributed by atoms with Gasteiger partial charge in [0, 0.05) is 38.2 Å². The zero-order valence-corrected chi connectivity index (χ0v) is 23.8. The molecular formula is C34H41N5O. The van der Waals surface area contributed by atoms with Gasteiger partial charge in [-0.15, -0.1) is 0 Å². The van der Waals surface area contributed by atoms with Crippen LogP contribution in [0.25, 0.3) is 11.0 Å². The van der Waals surface area contributed by atoms with Crippen molar-refractivity contribution in [2.75, 3.05) is 11.9 Å². The molecule has 3 aromatic carbocycles. The van der Waals surface area contributed by atoms with Crippen LogP contribution in [0.2, 0.25) is 0 Å². The fraction of sp³-hybridized carbons (Fsp3) is 0.382. The van der Waals surface area contributed by atoms with Crippen LogP contribution in [-0.4, -0.2) is 28.3 Å². The molecule has 1 fully saturated rings. The molecule has 0 unspecified atom stereocenters. The lowest BCUT2D eigenvalue weighted by Gasteiger charge is -2.29. The first kappa shape index (κ1) is 27.6. The first-order valence-corrected chi connectivity index (χ1v) is 14.6. The number of fused-ring (bicyclic) bond motifs is 1. The summed E-state index contributed by atoms with van der Waals surface area (Å²) in [6.45, 7) is 0. The van der Waals surface area contributed by atoms with Crippen LogP contribution in [0.5, 0.6) is 0 Å². The van der Waals surface area contributed by atoms with Crippen LogP contribution >= 0.6 is 0 Å². The highest BCUT2D eigenvalue weighted by molar-refractivity contribution is 5.95. The van der Waals surface area contributed by atoms with Gasteiger partial charge in [-0.25, -0.2) is 4.98 Å². The lowest BCUT2D eigenvalue weighted by Crippen LogP contribution is -2.27. The fourth-order valence-corrected chi connectivity index (χ4v) is 6.09. The van der Waals surface area contributed by atoms with Crippen LogP contribution in [0.15, 0.2) is 72.8 Å². The van der Waals surface area contributed by atoms with Gasteiger partial charge >= 0.3 is 0 Å². The Balaban J connectivity index is 1.13. The number of hydrogen-bond donors (Lipinski definition) is 2. The quantitative estimate of drug-likeness (QED) is 0.181. The van der Waals surface area contributed by atoms with Gasteiger partial charge in [0.25, 0.3) is 0 Å². The van der Waals surface area contributed by atoms with Crippen LogP contribution in [0.1, 0.15) is 61.0 Å². The lowest BCUT2D eigenvalue weighted by molar-refractivity contribution is -0.118. The molecule has 0 bridgehead atoms. The number of rotatable bonds is 10. The Morgan fingerprint density at radius 3 is 2.35 bits per heavy atom. The topological polar surface area (TPSA) is 88.0 Å². The van der Waals surface area contributed by atoms with E-state index in [2.05, 4.69) is 41.0 Å². The maximum Gasteiger partial charge on any atom is 0.226 e. The summed E-state index contributed by atoms with van der Waals surface area (Å²) in [6.07, 6.45) is 9.43. The zero-order valence-electron chi connectivity index (χ0n) is 23.8. The minimum atomic E-state index is 0.0859. The molecule has 1 amide bonds. The summed E-state index contributed by atoms with van der Waals surface area (Å²) in [5.41, 5.74) is 11.8. The summed E-state index contributed by atoms with van der Waals surface area (Å²) in [5, 5.41) is 7.55. The molecule has 40 heavy (non-hydrogen) atoms. The molecule has 5 rings (SSSR count). The van der Waals surface area contributed by atoms with E-state index < -0.39 is 0 Å². The maximum absolute atomic E-state index is 13.1. The van der Waals surface area contributed by atoms with E-state index in [1.807, 2.05) is 50.5 Å². The van der Waals surface area contributed by atoms with Crippen molar-refractivity contribution >= 4 is 28.5 Å². The van der Waals surface area contributed by atoms with Crippen molar-refractivity contribution in [2.24, 2.45) is 24.6 Å². The molecule has 1 aromatic heterocycles. The highest BCUT2D eigenvalue weighted by atomic mass is 16.2. The molecule has 0 aliphatic heterocycles. The number of carbonyl (C=O) groups is 1. The second-order valence-electron chi connectivity index (χ2n) is 11.4. The number of hydrogen-bond acceptors (Lipinski definition) is 3. The van der Waals surface area contributed by atoms with Crippen molar-refractivity contribution in [3.8, 4) is 0 Å². The summed E-state index contributed by atoms with van der Waals surface area (Å²) < 4.78 is 2.14. The van der Waals surface area contributed by atoms with Crippen molar-refractivity contribution in [2.45, 2.75) is 57.8 Å². The fourth-order valence-electron chi connectivity index (χ4n) is 6.09. The van der Waals surface area contributed by atoms with Crippen LogP contribution in [-0.2, 0) is 31.1 Å².